The average Bonchev–Trinajstić information content (AvgIpc) is 2.73. The van der Waals surface area contributed by atoms with Gasteiger partial charge in [-0.2, -0.15) is 0 Å². The number of anilines is 2. The summed E-state index contributed by atoms with van der Waals surface area (Å²) in [6.45, 7) is 0.989. The van der Waals surface area contributed by atoms with Crippen molar-refractivity contribution in [1.29, 1.82) is 0 Å². The monoisotopic (exact) mass is 402 g/mol. The van der Waals surface area contributed by atoms with Gasteiger partial charge in [0.2, 0.25) is 5.91 Å². The van der Waals surface area contributed by atoms with Gasteiger partial charge < -0.3 is 15.4 Å². The number of amides is 2. The summed E-state index contributed by atoms with van der Waals surface area (Å²) in [7, 11) is 0. The third kappa shape index (κ3) is 6.04. The third-order valence-corrected chi connectivity index (χ3v) is 4.28. The van der Waals surface area contributed by atoms with Crippen LogP contribution >= 0.6 is 0 Å². The van der Waals surface area contributed by atoms with E-state index in [1.807, 2.05) is 42.5 Å². The van der Waals surface area contributed by atoms with Crippen LogP contribution in [0.4, 0.5) is 11.4 Å². The second kappa shape index (κ2) is 10.0. The van der Waals surface area contributed by atoms with Gasteiger partial charge in [0, 0.05) is 18.3 Å². The summed E-state index contributed by atoms with van der Waals surface area (Å²) in [5.41, 5.74) is 3.40. The number of carbonyl (C=O) groups excluding carboxylic acids is 3. The average molecular weight is 402 g/mol. The molecule has 3 aromatic rings. The van der Waals surface area contributed by atoms with Crippen LogP contribution in [0.1, 0.15) is 28.4 Å². The summed E-state index contributed by atoms with van der Waals surface area (Å²) in [5.74, 6) is -1.23. The lowest BCUT2D eigenvalue weighted by atomic mass is 10.00. The molecule has 0 saturated carbocycles. The largest absolute Gasteiger partial charge is 0.452 e. The van der Waals surface area contributed by atoms with Gasteiger partial charge in [0.05, 0.1) is 5.56 Å². The van der Waals surface area contributed by atoms with E-state index >= 15 is 0 Å². The smallest absolute Gasteiger partial charge is 0.338 e. The molecule has 0 unspecified atom stereocenters. The Morgan fingerprint density at radius 2 is 1.47 bits per heavy atom. The third-order valence-electron chi connectivity index (χ3n) is 4.28. The van der Waals surface area contributed by atoms with E-state index in [4.69, 9.17) is 4.74 Å². The number of esters is 1. The van der Waals surface area contributed by atoms with Gasteiger partial charge in [-0.25, -0.2) is 4.79 Å². The molecule has 3 aromatic carbocycles. The molecule has 6 heteroatoms. The van der Waals surface area contributed by atoms with E-state index in [1.54, 1.807) is 36.4 Å². The van der Waals surface area contributed by atoms with Crippen molar-refractivity contribution in [2.45, 2.75) is 13.3 Å². The molecule has 3 rings (SSSR count). The highest BCUT2D eigenvalue weighted by Gasteiger charge is 2.14. The van der Waals surface area contributed by atoms with Crippen LogP contribution in [0, 0.1) is 0 Å². The summed E-state index contributed by atoms with van der Waals surface area (Å²) in [4.78, 5) is 35.9. The van der Waals surface area contributed by atoms with Crippen molar-refractivity contribution in [3.8, 4) is 0 Å². The molecule has 0 aromatic heterocycles. The molecule has 6 nitrogen and oxygen atoms in total. The first-order valence-corrected chi connectivity index (χ1v) is 9.48. The topological polar surface area (TPSA) is 84.5 Å². The molecule has 0 spiro atoms. The molecule has 0 radical (unpaired) electrons. The molecule has 30 heavy (non-hydrogen) atoms. The van der Waals surface area contributed by atoms with Gasteiger partial charge in [0.15, 0.2) is 6.61 Å². The van der Waals surface area contributed by atoms with Crippen molar-refractivity contribution in [2.75, 3.05) is 17.2 Å². The number of benzene rings is 3. The number of rotatable bonds is 7. The highest BCUT2D eigenvalue weighted by atomic mass is 16.5. The maximum atomic E-state index is 12.5. The van der Waals surface area contributed by atoms with Crippen LogP contribution in [0.25, 0.3) is 0 Å². The number of hydrogen-bond acceptors (Lipinski definition) is 4. The molecule has 0 aliphatic carbocycles. The Kier molecular flexibility index (Phi) is 6.95. The van der Waals surface area contributed by atoms with Gasteiger partial charge in [0.1, 0.15) is 0 Å². The van der Waals surface area contributed by atoms with E-state index < -0.39 is 18.5 Å². The maximum Gasteiger partial charge on any atom is 0.338 e. The predicted molar refractivity (Wildman–Crippen MR) is 115 cm³/mol. The van der Waals surface area contributed by atoms with Crippen molar-refractivity contribution in [3.63, 3.8) is 0 Å². The Labute approximate surface area is 174 Å². The first kappa shape index (κ1) is 20.8. The lowest BCUT2D eigenvalue weighted by molar-refractivity contribution is -0.119. The van der Waals surface area contributed by atoms with E-state index in [0.717, 1.165) is 11.1 Å². The predicted octanol–water partition coefficient (Wildman–Crippen LogP) is 4.03. The quantitative estimate of drug-likeness (QED) is 0.585. The van der Waals surface area contributed by atoms with Crippen LogP contribution in [-0.4, -0.2) is 24.4 Å². The Bertz CT molecular complexity index is 1050. The zero-order valence-corrected chi connectivity index (χ0v) is 16.6. The van der Waals surface area contributed by atoms with E-state index in [2.05, 4.69) is 10.6 Å². The van der Waals surface area contributed by atoms with Crippen molar-refractivity contribution < 1.29 is 19.1 Å². The van der Waals surface area contributed by atoms with Crippen LogP contribution in [0.5, 0.6) is 0 Å². The molecular formula is C24H22N2O4. The lowest BCUT2D eigenvalue weighted by Gasteiger charge is -2.11. The zero-order chi connectivity index (χ0) is 21.3. The van der Waals surface area contributed by atoms with Crippen LogP contribution in [0.15, 0.2) is 78.9 Å². The molecule has 152 valence electrons. The van der Waals surface area contributed by atoms with Crippen molar-refractivity contribution in [1.82, 2.24) is 0 Å². The highest BCUT2D eigenvalue weighted by molar-refractivity contribution is 5.97. The van der Waals surface area contributed by atoms with E-state index in [0.29, 0.717) is 23.4 Å². The molecule has 0 aliphatic rings. The van der Waals surface area contributed by atoms with Crippen LogP contribution in [0.2, 0.25) is 0 Å². The summed E-state index contributed by atoms with van der Waals surface area (Å²) in [6, 6.07) is 23.7. The molecule has 0 heterocycles. The maximum absolute atomic E-state index is 12.5. The standard InChI is InChI=1S/C24H22N2O4/c1-17(27)25-20-11-7-12-21(15-20)26-23(28)16-30-24(29)22-13-6-5-10-19(22)14-18-8-3-2-4-9-18/h2-13,15H,14,16H2,1H3,(H,25,27)(H,26,28). The van der Waals surface area contributed by atoms with Crippen LogP contribution < -0.4 is 10.6 Å². The lowest BCUT2D eigenvalue weighted by Crippen LogP contribution is -2.21. The highest BCUT2D eigenvalue weighted by Crippen LogP contribution is 2.17. The first-order chi connectivity index (χ1) is 14.5. The van der Waals surface area contributed by atoms with Crippen molar-refractivity contribution >= 4 is 29.2 Å². The van der Waals surface area contributed by atoms with E-state index in [-0.39, 0.29) is 5.91 Å². The van der Waals surface area contributed by atoms with Crippen LogP contribution in [0.3, 0.4) is 0 Å². The van der Waals surface area contributed by atoms with Crippen LogP contribution in [-0.2, 0) is 20.7 Å². The summed E-state index contributed by atoms with van der Waals surface area (Å²) < 4.78 is 5.21. The molecule has 0 atom stereocenters. The summed E-state index contributed by atoms with van der Waals surface area (Å²) >= 11 is 0. The number of nitrogens with one attached hydrogen (secondary N) is 2. The Hall–Kier alpha value is -3.93. The first-order valence-electron chi connectivity index (χ1n) is 9.48. The molecule has 0 saturated heterocycles. The SMILES string of the molecule is CC(=O)Nc1cccc(NC(=O)COC(=O)c2ccccc2Cc2ccccc2)c1. The minimum absolute atomic E-state index is 0.207. The van der Waals surface area contributed by atoms with Gasteiger partial charge in [-0.1, -0.05) is 54.6 Å². The molecule has 0 bridgehead atoms. The van der Waals surface area contributed by atoms with E-state index in [9.17, 15) is 14.4 Å². The molecule has 2 amide bonds. The fourth-order valence-corrected chi connectivity index (χ4v) is 2.97. The van der Waals surface area contributed by atoms with Gasteiger partial charge in [-0.05, 0) is 41.8 Å². The Morgan fingerprint density at radius 3 is 2.20 bits per heavy atom. The number of hydrogen-bond donors (Lipinski definition) is 2. The normalized spacial score (nSPS) is 10.2. The molecule has 0 aliphatic heterocycles. The zero-order valence-electron chi connectivity index (χ0n) is 16.6. The number of ether oxygens (including phenoxy) is 1. The van der Waals surface area contributed by atoms with Gasteiger partial charge in [-0.15, -0.1) is 0 Å². The second-order valence-electron chi connectivity index (χ2n) is 6.71. The fraction of sp³-hybridized carbons (Fsp3) is 0.125. The summed E-state index contributed by atoms with van der Waals surface area (Å²) in [6.07, 6.45) is 0.592. The molecule has 2 N–H and O–H groups in total. The fourth-order valence-electron chi connectivity index (χ4n) is 2.97. The minimum Gasteiger partial charge on any atom is -0.452 e. The number of carbonyl (C=O) groups is 3. The van der Waals surface area contributed by atoms with Gasteiger partial charge in [-0.3, -0.25) is 9.59 Å². The molecular weight excluding hydrogens is 380 g/mol. The van der Waals surface area contributed by atoms with Crippen molar-refractivity contribution in [3.05, 3.63) is 95.6 Å². The summed E-state index contributed by atoms with van der Waals surface area (Å²) in [5, 5.41) is 5.29. The van der Waals surface area contributed by atoms with E-state index in [1.165, 1.54) is 6.92 Å². The Balaban J connectivity index is 1.59. The Morgan fingerprint density at radius 1 is 0.800 bits per heavy atom. The molecule has 0 fully saturated rings. The van der Waals surface area contributed by atoms with Gasteiger partial charge >= 0.3 is 5.97 Å². The minimum atomic E-state index is -0.552. The second-order valence-corrected chi connectivity index (χ2v) is 6.71. The van der Waals surface area contributed by atoms with Crippen molar-refractivity contribution in [2.24, 2.45) is 0 Å². The van der Waals surface area contributed by atoms with Gasteiger partial charge in [0.25, 0.3) is 5.91 Å².